The van der Waals surface area contributed by atoms with Gasteiger partial charge in [0.1, 0.15) is 15.6 Å². The summed E-state index contributed by atoms with van der Waals surface area (Å²) in [5.74, 6) is 0.846. The summed E-state index contributed by atoms with van der Waals surface area (Å²) in [6, 6.07) is 3.80. The molecular formula is C15H16N2O4S. The number of hydrogen-bond acceptors (Lipinski definition) is 6. The molecule has 6 nitrogen and oxygen atoms in total. The lowest BCUT2D eigenvalue weighted by Crippen LogP contribution is -2.29. The molecule has 7 heteroatoms. The van der Waals surface area contributed by atoms with Crippen LogP contribution in [0.4, 0.5) is 0 Å². The first-order chi connectivity index (χ1) is 10.8. The molecule has 0 unspecified atom stereocenters. The Labute approximate surface area is 131 Å². The molecule has 1 atom stereocenters. The van der Waals surface area contributed by atoms with E-state index in [9.17, 15) is 4.79 Å². The SMILES string of the molecule is O=C(c1cnc(C2OCCO2)s1)N1CCC[C@H]1c1ccco1. The number of thiazole rings is 1. The highest BCUT2D eigenvalue weighted by molar-refractivity contribution is 7.13. The Morgan fingerprint density at radius 3 is 3.00 bits per heavy atom. The first-order valence-corrected chi connectivity index (χ1v) is 8.18. The molecule has 2 aromatic rings. The normalized spacial score (nSPS) is 22.5. The van der Waals surface area contributed by atoms with Crippen LogP contribution in [-0.2, 0) is 9.47 Å². The third-order valence-electron chi connectivity index (χ3n) is 3.94. The zero-order chi connectivity index (χ0) is 14.9. The van der Waals surface area contributed by atoms with E-state index in [0.29, 0.717) is 23.1 Å². The zero-order valence-electron chi connectivity index (χ0n) is 11.9. The van der Waals surface area contributed by atoms with Gasteiger partial charge in [0.15, 0.2) is 0 Å². The van der Waals surface area contributed by atoms with E-state index < -0.39 is 6.29 Å². The molecule has 0 radical (unpaired) electrons. The van der Waals surface area contributed by atoms with Crippen LogP contribution in [-0.4, -0.2) is 35.5 Å². The maximum absolute atomic E-state index is 12.8. The first-order valence-electron chi connectivity index (χ1n) is 7.36. The van der Waals surface area contributed by atoms with Crippen LogP contribution in [0, 0.1) is 0 Å². The minimum absolute atomic E-state index is 0.000599. The Morgan fingerprint density at radius 2 is 2.23 bits per heavy atom. The fourth-order valence-corrected chi connectivity index (χ4v) is 3.80. The highest BCUT2D eigenvalue weighted by Crippen LogP contribution is 2.35. The fourth-order valence-electron chi connectivity index (χ4n) is 2.92. The largest absolute Gasteiger partial charge is 0.467 e. The predicted molar refractivity (Wildman–Crippen MR) is 78.5 cm³/mol. The number of hydrogen-bond donors (Lipinski definition) is 0. The van der Waals surface area contributed by atoms with E-state index >= 15 is 0 Å². The summed E-state index contributed by atoms with van der Waals surface area (Å²) in [7, 11) is 0. The lowest BCUT2D eigenvalue weighted by atomic mass is 10.1. The van der Waals surface area contributed by atoms with Crippen molar-refractivity contribution in [2.75, 3.05) is 19.8 Å². The third-order valence-corrected chi connectivity index (χ3v) is 4.95. The maximum atomic E-state index is 12.8. The molecule has 4 rings (SSSR count). The van der Waals surface area contributed by atoms with E-state index in [-0.39, 0.29) is 11.9 Å². The molecule has 0 N–H and O–H groups in total. The average molecular weight is 320 g/mol. The molecule has 2 aromatic heterocycles. The highest BCUT2D eigenvalue weighted by atomic mass is 32.1. The van der Waals surface area contributed by atoms with Crippen molar-refractivity contribution in [3.63, 3.8) is 0 Å². The summed E-state index contributed by atoms with van der Waals surface area (Å²) in [5, 5.41) is 0.703. The molecule has 0 spiro atoms. The van der Waals surface area contributed by atoms with Gasteiger partial charge in [-0.25, -0.2) is 4.98 Å². The van der Waals surface area contributed by atoms with Crippen LogP contribution in [0.25, 0.3) is 0 Å². The molecule has 1 amide bonds. The molecule has 2 fully saturated rings. The van der Waals surface area contributed by atoms with Gasteiger partial charge in [0, 0.05) is 6.54 Å². The average Bonchev–Trinajstić information content (AvgIpc) is 3.35. The standard InChI is InChI=1S/C15H16N2O4S/c18-14(12-9-16-13(22-12)15-20-7-8-21-15)17-5-1-3-10(17)11-4-2-6-19-11/h2,4,6,9-10,15H,1,3,5,7-8H2/t10-/m0/s1. The van der Waals surface area contributed by atoms with Crippen LogP contribution in [0.15, 0.2) is 29.0 Å². The lowest BCUT2D eigenvalue weighted by molar-refractivity contribution is -0.0442. The fraction of sp³-hybridized carbons (Fsp3) is 0.467. The number of carbonyl (C=O) groups excluding carboxylic acids is 1. The Bertz CT molecular complexity index is 648. The maximum Gasteiger partial charge on any atom is 0.266 e. The van der Waals surface area contributed by atoms with Crippen molar-refractivity contribution in [2.24, 2.45) is 0 Å². The molecule has 0 aromatic carbocycles. The highest BCUT2D eigenvalue weighted by Gasteiger charge is 2.33. The Balaban J connectivity index is 1.53. The first kappa shape index (κ1) is 13.9. The smallest absolute Gasteiger partial charge is 0.266 e. The van der Waals surface area contributed by atoms with Crippen molar-refractivity contribution in [3.05, 3.63) is 40.2 Å². The topological polar surface area (TPSA) is 64.8 Å². The predicted octanol–water partition coefficient (Wildman–Crippen LogP) is 2.76. The van der Waals surface area contributed by atoms with Crippen molar-refractivity contribution in [3.8, 4) is 0 Å². The van der Waals surface area contributed by atoms with Gasteiger partial charge in [-0.05, 0) is 25.0 Å². The summed E-state index contributed by atoms with van der Waals surface area (Å²) in [5.41, 5.74) is 0. The molecule has 2 aliphatic heterocycles. The Morgan fingerprint density at radius 1 is 1.36 bits per heavy atom. The molecule has 2 saturated heterocycles. The Hall–Kier alpha value is -1.70. The van der Waals surface area contributed by atoms with Gasteiger partial charge in [0.2, 0.25) is 6.29 Å². The summed E-state index contributed by atoms with van der Waals surface area (Å²) < 4.78 is 16.3. The van der Waals surface area contributed by atoms with Gasteiger partial charge < -0.3 is 18.8 Å². The van der Waals surface area contributed by atoms with Gasteiger partial charge in [0.25, 0.3) is 5.91 Å². The number of ether oxygens (including phenoxy) is 2. The quantitative estimate of drug-likeness (QED) is 0.870. The monoisotopic (exact) mass is 320 g/mol. The number of nitrogens with zero attached hydrogens (tertiary/aromatic N) is 2. The second kappa shape index (κ2) is 5.83. The number of carbonyl (C=O) groups is 1. The van der Waals surface area contributed by atoms with E-state index in [4.69, 9.17) is 13.9 Å². The number of aromatic nitrogens is 1. The minimum atomic E-state index is -0.425. The third kappa shape index (κ3) is 2.45. The summed E-state index contributed by atoms with van der Waals surface area (Å²) in [6.07, 6.45) is 4.75. The number of likely N-dealkylation sites (tertiary alicyclic amines) is 1. The van der Waals surface area contributed by atoms with E-state index in [1.165, 1.54) is 11.3 Å². The van der Waals surface area contributed by atoms with Gasteiger partial charge in [-0.2, -0.15) is 0 Å². The molecule has 0 bridgehead atoms. The van der Waals surface area contributed by atoms with Crippen molar-refractivity contribution < 1.29 is 18.7 Å². The summed E-state index contributed by atoms with van der Waals surface area (Å²) in [6.45, 7) is 1.88. The van der Waals surface area contributed by atoms with Crippen molar-refractivity contribution >= 4 is 17.2 Å². The van der Waals surface area contributed by atoms with Gasteiger partial charge in [-0.1, -0.05) is 0 Å². The molecule has 2 aliphatic rings. The van der Waals surface area contributed by atoms with Crippen LogP contribution in [0.1, 0.15) is 45.6 Å². The van der Waals surface area contributed by atoms with Crippen molar-refractivity contribution in [1.82, 2.24) is 9.88 Å². The van der Waals surface area contributed by atoms with Gasteiger partial charge in [-0.15, -0.1) is 11.3 Å². The van der Waals surface area contributed by atoms with Crippen molar-refractivity contribution in [2.45, 2.75) is 25.2 Å². The van der Waals surface area contributed by atoms with Crippen LogP contribution in [0.2, 0.25) is 0 Å². The number of furan rings is 1. The van der Waals surface area contributed by atoms with Crippen molar-refractivity contribution in [1.29, 1.82) is 0 Å². The van der Waals surface area contributed by atoms with Crippen LogP contribution in [0.3, 0.4) is 0 Å². The minimum Gasteiger partial charge on any atom is -0.467 e. The lowest BCUT2D eigenvalue weighted by Gasteiger charge is -2.22. The van der Waals surface area contributed by atoms with Crippen LogP contribution in [0.5, 0.6) is 0 Å². The van der Waals surface area contributed by atoms with E-state index in [0.717, 1.165) is 25.1 Å². The number of rotatable bonds is 3. The molecule has 116 valence electrons. The second-order valence-corrected chi connectivity index (χ2v) is 6.37. The Kier molecular flexibility index (Phi) is 3.69. The molecule has 0 aliphatic carbocycles. The summed E-state index contributed by atoms with van der Waals surface area (Å²) >= 11 is 1.34. The van der Waals surface area contributed by atoms with E-state index in [2.05, 4.69) is 4.98 Å². The second-order valence-electron chi connectivity index (χ2n) is 5.31. The van der Waals surface area contributed by atoms with Gasteiger partial charge in [-0.3, -0.25) is 4.79 Å². The number of amides is 1. The van der Waals surface area contributed by atoms with Crippen LogP contribution < -0.4 is 0 Å². The van der Waals surface area contributed by atoms with E-state index in [1.54, 1.807) is 12.5 Å². The zero-order valence-corrected chi connectivity index (χ0v) is 12.8. The molecular weight excluding hydrogens is 304 g/mol. The van der Waals surface area contributed by atoms with Crippen LogP contribution >= 0.6 is 11.3 Å². The van der Waals surface area contributed by atoms with E-state index in [1.807, 2.05) is 17.0 Å². The molecule has 4 heterocycles. The molecule has 22 heavy (non-hydrogen) atoms. The van der Waals surface area contributed by atoms with Gasteiger partial charge in [0.05, 0.1) is 31.7 Å². The molecule has 0 saturated carbocycles. The summed E-state index contributed by atoms with van der Waals surface area (Å²) in [4.78, 5) is 19.5. The van der Waals surface area contributed by atoms with Gasteiger partial charge >= 0.3 is 0 Å².